The fourth-order valence-corrected chi connectivity index (χ4v) is 2.01. The lowest BCUT2D eigenvalue weighted by atomic mass is 9.97. The summed E-state index contributed by atoms with van der Waals surface area (Å²) >= 11 is 0. The molecule has 2 rings (SSSR count). The summed E-state index contributed by atoms with van der Waals surface area (Å²) in [5, 5.41) is 0. The number of benzene rings is 2. The first-order valence-electron chi connectivity index (χ1n) is 6.45. The Bertz CT molecular complexity index is 713. The lowest BCUT2D eigenvalue weighted by Crippen LogP contribution is -2.18. The molecule has 2 aromatic carbocycles. The first-order chi connectivity index (χ1) is 11.0. The summed E-state index contributed by atoms with van der Waals surface area (Å²) < 4.78 is 91.7. The predicted molar refractivity (Wildman–Crippen MR) is 77.8 cm³/mol. The first kappa shape index (κ1) is 21.0. The van der Waals surface area contributed by atoms with Gasteiger partial charge in [0.15, 0.2) is 0 Å². The highest BCUT2D eigenvalue weighted by atomic mass is 35.5. The van der Waals surface area contributed by atoms with Crippen LogP contribution in [-0.4, -0.2) is 6.36 Å². The zero-order chi connectivity index (χ0) is 18.1. The molecule has 138 valence electrons. The largest absolute Gasteiger partial charge is 0.573 e. The lowest BCUT2D eigenvalue weighted by Gasteiger charge is -2.16. The van der Waals surface area contributed by atoms with Crippen molar-refractivity contribution < 1.29 is 35.5 Å². The number of nitrogens with two attached hydrogens (primary N) is 1. The van der Waals surface area contributed by atoms with Gasteiger partial charge < -0.3 is 10.5 Å². The predicted octanol–water partition coefficient (Wildman–Crippen LogP) is 5.21. The van der Waals surface area contributed by atoms with Gasteiger partial charge >= 0.3 is 12.5 Å². The summed E-state index contributed by atoms with van der Waals surface area (Å²) in [5.41, 5.74) is 4.36. The molecule has 2 N–H and O–H groups in total. The molecule has 25 heavy (non-hydrogen) atoms. The van der Waals surface area contributed by atoms with Crippen LogP contribution in [0, 0.1) is 5.82 Å². The Balaban J connectivity index is 0.00000312. The molecule has 0 spiro atoms. The second-order valence-corrected chi connectivity index (χ2v) is 4.83. The van der Waals surface area contributed by atoms with Crippen LogP contribution in [0.3, 0.4) is 0 Å². The van der Waals surface area contributed by atoms with Crippen LogP contribution in [0.1, 0.15) is 22.7 Å². The standard InChI is InChI=1S/C15H10F7NO.ClH/c16-12-6-3-9(14(17,18)19)7-11(12)13(23)8-1-4-10(5-2-8)24-15(20,21)22;/h1-7,13H,23H2;1H/t13-;/m0./s1. The third-order valence-corrected chi connectivity index (χ3v) is 3.13. The highest BCUT2D eigenvalue weighted by molar-refractivity contribution is 5.85. The molecule has 0 saturated heterocycles. The smallest absolute Gasteiger partial charge is 0.406 e. The van der Waals surface area contributed by atoms with Crippen molar-refractivity contribution >= 4 is 12.4 Å². The molecule has 2 nitrogen and oxygen atoms in total. The van der Waals surface area contributed by atoms with Crippen molar-refractivity contribution in [2.75, 3.05) is 0 Å². The lowest BCUT2D eigenvalue weighted by molar-refractivity contribution is -0.274. The molecular weight excluding hydrogens is 379 g/mol. The van der Waals surface area contributed by atoms with E-state index in [-0.39, 0.29) is 18.0 Å². The second-order valence-electron chi connectivity index (χ2n) is 4.83. The molecule has 0 aromatic heterocycles. The van der Waals surface area contributed by atoms with Gasteiger partial charge in [-0.3, -0.25) is 0 Å². The van der Waals surface area contributed by atoms with Crippen molar-refractivity contribution in [3.63, 3.8) is 0 Å². The topological polar surface area (TPSA) is 35.2 Å². The molecule has 0 aliphatic rings. The van der Waals surface area contributed by atoms with Crippen LogP contribution in [0.4, 0.5) is 30.7 Å². The SMILES string of the molecule is Cl.N[C@@H](c1ccc(OC(F)(F)F)cc1)c1cc(C(F)(F)F)ccc1F. The van der Waals surface area contributed by atoms with Gasteiger partial charge in [0, 0.05) is 5.56 Å². The highest BCUT2D eigenvalue weighted by Crippen LogP contribution is 2.33. The maximum absolute atomic E-state index is 13.8. The minimum absolute atomic E-state index is 0. The molecule has 0 amide bonds. The van der Waals surface area contributed by atoms with Gasteiger partial charge in [0.05, 0.1) is 11.6 Å². The third-order valence-electron chi connectivity index (χ3n) is 3.13. The van der Waals surface area contributed by atoms with E-state index in [1.54, 1.807) is 0 Å². The Morgan fingerprint density at radius 1 is 0.880 bits per heavy atom. The molecule has 0 bridgehead atoms. The normalized spacial score (nSPS) is 13.1. The fraction of sp³-hybridized carbons (Fsp3) is 0.200. The van der Waals surface area contributed by atoms with Crippen molar-refractivity contribution in [1.82, 2.24) is 0 Å². The molecule has 0 saturated carbocycles. The Morgan fingerprint density at radius 2 is 1.44 bits per heavy atom. The van der Waals surface area contributed by atoms with Gasteiger partial charge in [-0.2, -0.15) is 13.2 Å². The summed E-state index contributed by atoms with van der Waals surface area (Å²) in [4.78, 5) is 0. The van der Waals surface area contributed by atoms with E-state index in [0.717, 1.165) is 24.3 Å². The number of rotatable bonds is 3. The van der Waals surface area contributed by atoms with E-state index in [2.05, 4.69) is 4.74 Å². The van der Waals surface area contributed by atoms with Crippen LogP contribution in [0.15, 0.2) is 42.5 Å². The van der Waals surface area contributed by atoms with Gasteiger partial charge in [0.25, 0.3) is 0 Å². The van der Waals surface area contributed by atoms with Gasteiger partial charge in [-0.15, -0.1) is 25.6 Å². The van der Waals surface area contributed by atoms with Crippen molar-refractivity contribution in [2.45, 2.75) is 18.6 Å². The van der Waals surface area contributed by atoms with Gasteiger partial charge in [-0.25, -0.2) is 4.39 Å². The molecule has 0 aliphatic carbocycles. The first-order valence-corrected chi connectivity index (χ1v) is 6.45. The summed E-state index contributed by atoms with van der Waals surface area (Å²) in [6.07, 6.45) is -9.55. The Morgan fingerprint density at radius 3 is 1.92 bits per heavy atom. The molecular formula is C15H11ClF7NO. The van der Waals surface area contributed by atoms with Gasteiger partial charge in [0.2, 0.25) is 0 Å². The molecule has 1 atom stereocenters. The molecule has 0 unspecified atom stereocenters. The van der Waals surface area contributed by atoms with Crippen LogP contribution in [0.5, 0.6) is 5.75 Å². The van der Waals surface area contributed by atoms with Gasteiger partial charge in [-0.1, -0.05) is 12.1 Å². The Kier molecular flexibility index (Phi) is 6.30. The highest BCUT2D eigenvalue weighted by Gasteiger charge is 2.32. The van der Waals surface area contributed by atoms with Crippen LogP contribution in [-0.2, 0) is 6.18 Å². The van der Waals surface area contributed by atoms with Crippen LogP contribution >= 0.6 is 12.4 Å². The quantitative estimate of drug-likeness (QED) is 0.731. The maximum Gasteiger partial charge on any atom is 0.573 e. The molecule has 2 aromatic rings. The minimum atomic E-state index is -4.88. The maximum atomic E-state index is 13.8. The average molecular weight is 390 g/mol. The average Bonchev–Trinajstić information content (AvgIpc) is 2.45. The van der Waals surface area contributed by atoms with Crippen molar-refractivity contribution in [3.8, 4) is 5.75 Å². The van der Waals surface area contributed by atoms with Crippen LogP contribution < -0.4 is 10.5 Å². The van der Waals surface area contributed by atoms with E-state index < -0.39 is 41.3 Å². The van der Waals surface area contributed by atoms with E-state index in [9.17, 15) is 30.7 Å². The van der Waals surface area contributed by atoms with E-state index in [0.29, 0.717) is 18.2 Å². The molecule has 0 heterocycles. The fourth-order valence-electron chi connectivity index (χ4n) is 2.01. The zero-order valence-electron chi connectivity index (χ0n) is 12.2. The summed E-state index contributed by atoms with van der Waals surface area (Å²) in [6.45, 7) is 0. The monoisotopic (exact) mass is 389 g/mol. The molecule has 0 radical (unpaired) electrons. The Hall–Kier alpha value is -2.00. The van der Waals surface area contributed by atoms with E-state index in [4.69, 9.17) is 5.73 Å². The van der Waals surface area contributed by atoms with Crippen molar-refractivity contribution in [2.24, 2.45) is 5.73 Å². The number of alkyl halides is 6. The second kappa shape index (κ2) is 7.49. The van der Waals surface area contributed by atoms with Crippen molar-refractivity contribution in [3.05, 3.63) is 65.0 Å². The number of hydrogen-bond donors (Lipinski definition) is 1. The minimum Gasteiger partial charge on any atom is -0.406 e. The van der Waals surface area contributed by atoms with E-state index >= 15 is 0 Å². The van der Waals surface area contributed by atoms with Gasteiger partial charge in [-0.05, 0) is 35.9 Å². The summed E-state index contributed by atoms with van der Waals surface area (Å²) in [7, 11) is 0. The number of hydrogen-bond acceptors (Lipinski definition) is 2. The van der Waals surface area contributed by atoms with E-state index in [1.165, 1.54) is 0 Å². The van der Waals surface area contributed by atoms with Crippen LogP contribution in [0.2, 0.25) is 0 Å². The van der Waals surface area contributed by atoms with Crippen molar-refractivity contribution in [1.29, 1.82) is 0 Å². The van der Waals surface area contributed by atoms with Gasteiger partial charge in [0.1, 0.15) is 11.6 Å². The third kappa shape index (κ3) is 5.50. The molecule has 0 fully saturated rings. The van der Waals surface area contributed by atoms with E-state index in [1.807, 2.05) is 0 Å². The summed E-state index contributed by atoms with van der Waals surface area (Å²) in [5.74, 6) is -1.48. The summed E-state index contributed by atoms with van der Waals surface area (Å²) in [6, 6.07) is 4.61. The number of ether oxygens (including phenoxy) is 1. The molecule has 0 aliphatic heterocycles. The zero-order valence-corrected chi connectivity index (χ0v) is 13.0. The van der Waals surface area contributed by atoms with Crippen LogP contribution in [0.25, 0.3) is 0 Å². The Labute approximate surface area is 143 Å². The molecule has 10 heteroatoms. The number of halogens is 8.